The van der Waals surface area contributed by atoms with E-state index in [1.54, 1.807) is 11.0 Å². The standard InChI is InChI=1S/C18H22N2O5/c1-2-7-25-15-6-4-3-5-13(15)8-19-17(23)20-9-14-10-24-12-18(14,11-20)16(21)22/h2-6,14H,1,7-12H2,(H,19,23)(H,21,22)/t14-,18-/m1/s1. The fraction of sp³-hybridized carbons (Fsp3) is 0.444. The number of carboxylic acids is 1. The first-order valence-electron chi connectivity index (χ1n) is 8.22. The number of nitrogens with zero attached hydrogens (tertiary/aromatic N) is 1. The normalized spacial score (nSPS) is 24.6. The number of hydrogen-bond donors (Lipinski definition) is 2. The number of likely N-dealkylation sites (tertiary alicyclic amines) is 1. The maximum atomic E-state index is 12.5. The minimum absolute atomic E-state index is 0.154. The molecule has 7 nitrogen and oxygen atoms in total. The summed E-state index contributed by atoms with van der Waals surface area (Å²) in [4.78, 5) is 25.7. The second kappa shape index (κ2) is 7.14. The van der Waals surface area contributed by atoms with Crippen LogP contribution in [0.4, 0.5) is 4.79 Å². The van der Waals surface area contributed by atoms with Crippen molar-refractivity contribution < 1.29 is 24.2 Å². The van der Waals surface area contributed by atoms with Gasteiger partial charge in [-0.3, -0.25) is 4.79 Å². The minimum Gasteiger partial charge on any atom is -0.489 e. The Morgan fingerprint density at radius 1 is 1.48 bits per heavy atom. The molecule has 0 aromatic heterocycles. The van der Waals surface area contributed by atoms with E-state index in [-0.39, 0.29) is 25.1 Å². The van der Waals surface area contributed by atoms with Crippen LogP contribution in [-0.2, 0) is 16.1 Å². The third-order valence-electron chi connectivity index (χ3n) is 4.85. The number of benzene rings is 1. The van der Waals surface area contributed by atoms with E-state index >= 15 is 0 Å². The molecule has 2 fully saturated rings. The first-order chi connectivity index (χ1) is 12.1. The summed E-state index contributed by atoms with van der Waals surface area (Å²) in [5, 5.41) is 12.4. The number of hydrogen-bond acceptors (Lipinski definition) is 4. The molecule has 0 aliphatic carbocycles. The highest BCUT2D eigenvalue weighted by Gasteiger charge is 2.57. The van der Waals surface area contributed by atoms with Gasteiger partial charge in [-0.15, -0.1) is 0 Å². The largest absolute Gasteiger partial charge is 0.489 e. The molecule has 0 bridgehead atoms. The number of aliphatic carboxylic acids is 1. The van der Waals surface area contributed by atoms with Gasteiger partial charge in [0.05, 0.1) is 13.2 Å². The number of nitrogens with one attached hydrogen (secondary N) is 1. The van der Waals surface area contributed by atoms with Gasteiger partial charge < -0.3 is 24.8 Å². The third kappa shape index (κ3) is 3.32. The molecule has 2 atom stereocenters. The van der Waals surface area contributed by atoms with E-state index in [0.717, 1.165) is 5.56 Å². The first-order valence-corrected chi connectivity index (χ1v) is 8.22. The van der Waals surface area contributed by atoms with Crippen molar-refractivity contribution >= 4 is 12.0 Å². The van der Waals surface area contributed by atoms with E-state index in [4.69, 9.17) is 9.47 Å². The lowest BCUT2D eigenvalue weighted by atomic mass is 9.81. The highest BCUT2D eigenvalue weighted by molar-refractivity contribution is 5.80. The van der Waals surface area contributed by atoms with Crippen LogP contribution in [0.15, 0.2) is 36.9 Å². The molecule has 2 heterocycles. The van der Waals surface area contributed by atoms with Gasteiger partial charge in [0.2, 0.25) is 0 Å². The Morgan fingerprint density at radius 2 is 2.28 bits per heavy atom. The maximum Gasteiger partial charge on any atom is 0.317 e. The van der Waals surface area contributed by atoms with Crippen LogP contribution < -0.4 is 10.1 Å². The molecular weight excluding hydrogens is 324 g/mol. The Kier molecular flexibility index (Phi) is 4.94. The van der Waals surface area contributed by atoms with E-state index in [0.29, 0.717) is 32.1 Å². The number of rotatable bonds is 6. The lowest BCUT2D eigenvalue weighted by Crippen LogP contribution is -2.42. The van der Waals surface area contributed by atoms with Crippen LogP contribution in [0.5, 0.6) is 5.75 Å². The van der Waals surface area contributed by atoms with Gasteiger partial charge in [0.1, 0.15) is 17.8 Å². The number of carboxylic acid groups (broad SMARTS) is 1. The smallest absolute Gasteiger partial charge is 0.317 e. The topological polar surface area (TPSA) is 88.1 Å². The first kappa shape index (κ1) is 17.3. The van der Waals surface area contributed by atoms with Gasteiger partial charge in [-0.2, -0.15) is 0 Å². The van der Waals surface area contributed by atoms with Crippen LogP contribution >= 0.6 is 0 Å². The molecule has 7 heteroatoms. The van der Waals surface area contributed by atoms with Crippen LogP contribution in [0.25, 0.3) is 0 Å². The van der Waals surface area contributed by atoms with Gasteiger partial charge in [-0.25, -0.2) is 4.79 Å². The predicted molar refractivity (Wildman–Crippen MR) is 90.3 cm³/mol. The number of urea groups is 1. The number of para-hydroxylation sites is 1. The molecule has 2 aliphatic rings. The van der Waals surface area contributed by atoms with Crippen molar-refractivity contribution in [2.75, 3.05) is 32.9 Å². The lowest BCUT2D eigenvalue weighted by Gasteiger charge is -2.22. The van der Waals surface area contributed by atoms with E-state index in [1.165, 1.54) is 0 Å². The zero-order chi connectivity index (χ0) is 17.9. The summed E-state index contributed by atoms with van der Waals surface area (Å²) in [6, 6.07) is 7.18. The van der Waals surface area contributed by atoms with Crippen LogP contribution in [0.3, 0.4) is 0 Å². The fourth-order valence-electron chi connectivity index (χ4n) is 3.41. The van der Waals surface area contributed by atoms with Crippen molar-refractivity contribution in [3.63, 3.8) is 0 Å². The number of fused-ring (bicyclic) bond motifs is 1. The summed E-state index contributed by atoms with van der Waals surface area (Å²) in [5.74, 6) is -0.358. The molecule has 134 valence electrons. The monoisotopic (exact) mass is 346 g/mol. The summed E-state index contributed by atoms with van der Waals surface area (Å²) in [7, 11) is 0. The predicted octanol–water partition coefficient (Wildman–Crippen LogP) is 1.49. The molecule has 1 aromatic rings. The van der Waals surface area contributed by atoms with Crippen molar-refractivity contribution in [1.29, 1.82) is 0 Å². The molecule has 2 N–H and O–H groups in total. The molecule has 3 rings (SSSR count). The molecule has 0 spiro atoms. The highest BCUT2D eigenvalue weighted by atomic mass is 16.5. The summed E-state index contributed by atoms with van der Waals surface area (Å²) in [6.07, 6.45) is 1.66. The van der Waals surface area contributed by atoms with Crippen LogP contribution in [-0.4, -0.2) is 54.9 Å². The maximum absolute atomic E-state index is 12.5. The van der Waals surface area contributed by atoms with Crippen LogP contribution in [0.2, 0.25) is 0 Å². The van der Waals surface area contributed by atoms with Gasteiger partial charge in [0.15, 0.2) is 0 Å². The summed E-state index contributed by atoms with van der Waals surface area (Å²) >= 11 is 0. The molecule has 1 aromatic carbocycles. The Morgan fingerprint density at radius 3 is 3.00 bits per heavy atom. The second-order valence-electron chi connectivity index (χ2n) is 6.42. The molecule has 25 heavy (non-hydrogen) atoms. The third-order valence-corrected chi connectivity index (χ3v) is 4.85. The Balaban J connectivity index is 1.61. The van der Waals surface area contributed by atoms with Crippen molar-refractivity contribution in [3.8, 4) is 5.75 Å². The van der Waals surface area contributed by atoms with Gasteiger partial charge >= 0.3 is 12.0 Å². The van der Waals surface area contributed by atoms with E-state index < -0.39 is 11.4 Å². The number of carbonyl (C=O) groups excluding carboxylic acids is 1. The average molecular weight is 346 g/mol. The molecule has 2 saturated heterocycles. The van der Waals surface area contributed by atoms with Gasteiger partial charge in [-0.05, 0) is 6.07 Å². The summed E-state index contributed by atoms with van der Waals surface area (Å²) < 4.78 is 10.9. The van der Waals surface area contributed by atoms with E-state index in [1.807, 2.05) is 24.3 Å². The van der Waals surface area contributed by atoms with Crippen LogP contribution in [0.1, 0.15) is 5.56 Å². The van der Waals surface area contributed by atoms with Gasteiger partial charge in [-0.1, -0.05) is 30.9 Å². The summed E-state index contributed by atoms with van der Waals surface area (Å²) in [5.41, 5.74) is -0.115. The molecule has 0 unspecified atom stereocenters. The van der Waals surface area contributed by atoms with Crippen molar-refractivity contribution in [3.05, 3.63) is 42.5 Å². The van der Waals surface area contributed by atoms with Crippen molar-refractivity contribution in [1.82, 2.24) is 10.2 Å². The van der Waals surface area contributed by atoms with Gasteiger partial charge in [0.25, 0.3) is 0 Å². The summed E-state index contributed by atoms with van der Waals surface area (Å²) in [6.45, 7) is 5.43. The number of carbonyl (C=O) groups is 2. The molecule has 0 saturated carbocycles. The Hall–Kier alpha value is -2.54. The number of amides is 2. The molecule has 2 amide bonds. The molecular formula is C18H22N2O5. The van der Waals surface area contributed by atoms with E-state index in [2.05, 4.69) is 11.9 Å². The van der Waals surface area contributed by atoms with Gasteiger partial charge in [0, 0.05) is 31.1 Å². The Labute approximate surface area is 146 Å². The average Bonchev–Trinajstić information content (AvgIpc) is 3.17. The quantitative estimate of drug-likeness (QED) is 0.762. The zero-order valence-corrected chi connectivity index (χ0v) is 13.9. The SMILES string of the molecule is C=CCOc1ccccc1CNC(=O)N1C[C@@H]2COC[C@]2(C(=O)O)C1. The lowest BCUT2D eigenvalue weighted by molar-refractivity contribution is -0.149. The molecule has 0 radical (unpaired) electrons. The highest BCUT2D eigenvalue weighted by Crippen LogP contribution is 2.41. The van der Waals surface area contributed by atoms with Crippen molar-refractivity contribution in [2.45, 2.75) is 6.54 Å². The van der Waals surface area contributed by atoms with Crippen molar-refractivity contribution in [2.24, 2.45) is 11.3 Å². The zero-order valence-electron chi connectivity index (χ0n) is 13.9. The number of ether oxygens (including phenoxy) is 2. The van der Waals surface area contributed by atoms with E-state index in [9.17, 15) is 14.7 Å². The molecule has 2 aliphatic heterocycles. The van der Waals surface area contributed by atoms with Crippen LogP contribution in [0, 0.1) is 11.3 Å². The fourth-order valence-corrected chi connectivity index (χ4v) is 3.41. The second-order valence-corrected chi connectivity index (χ2v) is 6.42. The Bertz CT molecular complexity index is 677. The minimum atomic E-state index is -0.970.